The third-order valence-corrected chi connectivity index (χ3v) is 5.74. The highest BCUT2D eigenvalue weighted by molar-refractivity contribution is 7.12. The summed E-state index contributed by atoms with van der Waals surface area (Å²) in [5.41, 5.74) is 4.89. The molecule has 0 fully saturated rings. The third kappa shape index (κ3) is 4.12. The summed E-state index contributed by atoms with van der Waals surface area (Å²) in [7, 11) is 0. The van der Waals surface area contributed by atoms with E-state index in [9.17, 15) is 9.59 Å². The zero-order chi connectivity index (χ0) is 20.4. The van der Waals surface area contributed by atoms with Crippen LogP contribution in [0.5, 0.6) is 0 Å². The number of amides is 2. The monoisotopic (exact) mass is 403 g/mol. The minimum absolute atomic E-state index is 0.0591. The quantitative estimate of drug-likeness (QED) is 0.676. The minimum atomic E-state index is -0.235. The molecular weight excluding hydrogens is 382 g/mol. The van der Waals surface area contributed by atoms with E-state index in [2.05, 4.69) is 5.32 Å². The second-order valence-electron chi connectivity index (χ2n) is 7.05. The predicted octanol–water partition coefficient (Wildman–Crippen LogP) is 4.86. The first-order valence-electron chi connectivity index (χ1n) is 9.39. The Bertz CT molecular complexity index is 1100. The van der Waals surface area contributed by atoms with Gasteiger partial charge in [0.05, 0.1) is 23.5 Å². The van der Waals surface area contributed by atoms with Gasteiger partial charge in [0, 0.05) is 10.6 Å². The smallest absolute Gasteiger partial charge is 0.244 e. The van der Waals surface area contributed by atoms with Crippen molar-refractivity contribution >= 4 is 45.9 Å². The molecule has 1 aliphatic rings. The zero-order valence-electron chi connectivity index (χ0n) is 16.3. The lowest BCUT2D eigenvalue weighted by atomic mass is 10.1. The number of rotatable bonds is 4. The number of fused-ring (bicyclic) bond motifs is 1. The molecule has 2 heterocycles. The van der Waals surface area contributed by atoms with Crippen LogP contribution in [-0.2, 0) is 9.59 Å². The topological polar surface area (TPSA) is 61.8 Å². The molecule has 0 unspecified atom stereocenters. The number of benzene rings is 2. The van der Waals surface area contributed by atoms with Gasteiger partial charge in [0.25, 0.3) is 0 Å². The number of anilines is 2. The molecule has 0 radical (unpaired) electrons. The van der Waals surface area contributed by atoms with Crippen molar-refractivity contribution in [2.75, 3.05) is 16.8 Å². The van der Waals surface area contributed by atoms with Gasteiger partial charge in [0.15, 0.2) is 0 Å². The highest BCUT2D eigenvalue weighted by Crippen LogP contribution is 2.33. The molecule has 0 spiro atoms. The van der Waals surface area contributed by atoms with E-state index in [1.165, 1.54) is 4.90 Å². The van der Waals surface area contributed by atoms with Gasteiger partial charge >= 0.3 is 0 Å². The van der Waals surface area contributed by atoms with E-state index in [1.54, 1.807) is 11.3 Å². The van der Waals surface area contributed by atoms with E-state index >= 15 is 0 Å². The minimum Gasteiger partial charge on any atom is -0.324 e. The van der Waals surface area contributed by atoms with Crippen molar-refractivity contribution in [3.8, 4) is 0 Å². The number of aliphatic imine (C=N–C) groups is 1. The highest BCUT2D eigenvalue weighted by Gasteiger charge is 2.27. The van der Waals surface area contributed by atoms with Crippen molar-refractivity contribution in [1.82, 2.24) is 0 Å². The molecule has 29 heavy (non-hydrogen) atoms. The van der Waals surface area contributed by atoms with Crippen LogP contribution < -0.4 is 10.2 Å². The van der Waals surface area contributed by atoms with Gasteiger partial charge < -0.3 is 10.2 Å². The van der Waals surface area contributed by atoms with Crippen LogP contribution in [-0.4, -0.2) is 24.1 Å². The van der Waals surface area contributed by atoms with Crippen molar-refractivity contribution < 1.29 is 9.59 Å². The lowest BCUT2D eigenvalue weighted by Crippen LogP contribution is -2.38. The number of carbonyl (C=O) groups excluding carboxylic acids is 2. The van der Waals surface area contributed by atoms with Crippen molar-refractivity contribution in [2.24, 2.45) is 4.99 Å². The molecule has 1 N–H and O–H groups in total. The van der Waals surface area contributed by atoms with Crippen LogP contribution >= 0.6 is 11.3 Å². The van der Waals surface area contributed by atoms with Gasteiger partial charge in [-0.15, -0.1) is 11.3 Å². The summed E-state index contributed by atoms with van der Waals surface area (Å²) in [5, 5.41) is 4.91. The van der Waals surface area contributed by atoms with E-state index in [4.69, 9.17) is 4.99 Å². The maximum absolute atomic E-state index is 13.1. The Balaban J connectivity index is 1.61. The Kier molecular flexibility index (Phi) is 5.27. The number of aryl methyl sites for hydroxylation is 2. The van der Waals surface area contributed by atoms with E-state index in [1.807, 2.05) is 73.8 Å². The molecule has 4 rings (SSSR count). The predicted molar refractivity (Wildman–Crippen MR) is 118 cm³/mol. The highest BCUT2D eigenvalue weighted by atomic mass is 32.1. The van der Waals surface area contributed by atoms with Crippen molar-refractivity contribution in [3.05, 3.63) is 76.0 Å². The lowest BCUT2D eigenvalue weighted by Gasteiger charge is -2.22. The Hall–Kier alpha value is -3.25. The van der Waals surface area contributed by atoms with E-state index in [0.717, 1.165) is 27.4 Å². The fourth-order valence-electron chi connectivity index (χ4n) is 3.31. The summed E-state index contributed by atoms with van der Waals surface area (Å²) < 4.78 is 0. The second kappa shape index (κ2) is 8.01. The van der Waals surface area contributed by atoms with Crippen LogP contribution in [0, 0.1) is 13.8 Å². The van der Waals surface area contributed by atoms with E-state index < -0.39 is 0 Å². The molecule has 0 saturated carbocycles. The largest absolute Gasteiger partial charge is 0.324 e. The Morgan fingerprint density at radius 2 is 1.97 bits per heavy atom. The molecule has 1 aromatic heterocycles. The van der Waals surface area contributed by atoms with Crippen LogP contribution in [0.15, 0.2) is 65.0 Å². The van der Waals surface area contributed by atoms with Crippen LogP contribution in [0.3, 0.4) is 0 Å². The van der Waals surface area contributed by atoms with Crippen LogP contribution in [0.1, 0.15) is 22.4 Å². The van der Waals surface area contributed by atoms with Crippen LogP contribution in [0.25, 0.3) is 0 Å². The number of hydrogen-bond donors (Lipinski definition) is 1. The molecule has 2 aromatic carbocycles. The summed E-state index contributed by atoms with van der Waals surface area (Å²) in [6, 6.07) is 17.3. The number of nitrogens with zero attached hydrogens (tertiary/aromatic N) is 2. The molecule has 5 nitrogen and oxygen atoms in total. The van der Waals surface area contributed by atoms with Crippen molar-refractivity contribution in [3.63, 3.8) is 0 Å². The van der Waals surface area contributed by atoms with Gasteiger partial charge in [-0.3, -0.25) is 9.59 Å². The maximum atomic E-state index is 13.1. The average molecular weight is 404 g/mol. The molecule has 2 amide bonds. The van der Waals surface area contributed by atoms with Gasteiger partial charge in [0.2, 0.25) is 11.8 Å². The first kappa shape index (κ1) is 19.1. The first-order chi connectivity index (χ1) is 14.0. The number of carbonyl (C=O) groups is 2. The number of para-hydroxylation sites is 2. The third-order valence-electron chi connectivity index (χ3n) is 4.82. The van der Waals surface area contributed by atoms with Crippen molar-refractivity contribution in [2.45, 2.75) is 20.3 Å². The van der Waals surface area contributed by atoms with E-state index in [-0.39, 0.29) is 24.8 Å². The Morgan fingerprint density at radius 1 is 1.14 bits per heavy atom. The average Bonchev–Trinajstić information content (AvgIpc) is 3.19. The number of nitrogens with one attached hydrogen (secondary N) is 1. The normalized spacial score (nSPS) is 13.5. The van der Waals surface area contributed by atoms with Gasteiger partial charge in [-0.1, -0.05) is 30.3 Å². The van der Waals surface area contributed by atoms with Crippen molar-refractivity contribution in [1.29, 1.82) is 0 Å². The summed E-state index contributed by atoms with van der Waals surface area (Å²) >= 11 is 1.55. The van der Waals surface area contributed by atoms with Gasteiger partial charge in [0.1, 0.15) is 6.54 Å². The Labute approximate surface area is 173 Å². The van der Waals surface area contributed by atoms with Gasteiger partial charge in [-0.25, -0.2) is 4.99 Å². The summed E-state index contributed by atoms with van der Waals surface area (Å²) in [5.74, 6) is -0.375. The molecule has 0 atom stereocenters. The first-order valence-corrected chi connectivity index (χ1v) is 10.3. The second-order valence-corrected chi connectivity index (χ2v) is 8.00. The van der Waals surface area contributed by atoms with Gasteiger partial charge in [-0.2, -0.15) is 0 Å². The van der Waals surface area contributed by atoms with Crippen LogP contribution in [0.4, 0.5) is 17.1 Å². The summed E-state index contributed by atoms with van der Waals surface area (Å²) in [4.78, 5) is 33.1. The molecule has 0 aliphatic carbocycles. The molecule has 1 aliphatic heterocycles. The molecule has 0 saturated heterocycles. The number of hydrogen-bond acceptors (Lipinski definition) is 4. The standard InChI is InChI=1S/C23H21N3O2S/c1-15-9-10-16(2)18(12-15)25-22(27)14-26-20-7-4-3-6-17(20)24-19(13-23(26)28)21-8-5-11-29-21/h3-12H,13-14H2,1-2H3,(H,25,27). The fraction of sp³-hybridized carbons (Fsp3) is 0.174. The van der Waals surface area contributed by atoms with Crippen LogP contribution in [0.2, 0.25) is 0 Å². The zero-order valence-corrected chi connectivity index (χ0v) is 17.1. The number of thiophene rings is 1. The molecule has 146 valence electrons. The van der Waals surface area contributed by atoms with Gasteiger partial charge in [-0.05, 0) is 54.6 Å². The lowest BCUT2D eigenvalue weighted by molar-refractivity contribution is -0.120. The fourth-order valence-corrected chi connectivity index (χ4v) is 4.02. The molecule has 3 aromatic rings. The molecule has 0 bridgehead atoms. The summed E-state index contributed by atoms with van der Waals surface area (Å²) in [6.45, 7) is 3.87. The molecular formula is C23H21N3O2S. The molecule has 6 heteroatoms. The Morgan fingerprint density at radius 3 is 2.76 bits per heavy atom. The SMILES string of the molecule is Cc1ccc(C)c(NC(=O)CN2C(=O)CC(c3cccs3)=Nc3ccccc32)c1. The summed E-state index contributed by atoms with van der Waals surface area (Å²) in [6.07, 6.45) is 0.159. The van der Waals surface area contributed by atoms with E-state index in [0.29, 0.717) is 11.4 Å². The maximum Gasteiger partial charge on any atom is 0.244 e.